The van der Waals surface area contributed by atoms with Gasteiger partial charge in [0.05, 0.1) is 21.9 Å². The number of nitrogens with one attached hydrogen (secondary N) is 1. The topological polar surface area (TPSA) is 53.4 Å². The van der Waals surface area contributed by atoms with Crippen molar-refractivity contribution in [3.8, 4) is 0 Å². The van der Waals surface area contributed by atoms with Gasteiger partial charge in [-0.1, -0.05) is 35.3 Å². The standard InChI is InChI=1S/C18H23Cl2N5O/c1-23(10-13-5-3-7-16(19)17(13)20)18(26)22-14-6-4-8-25(11-14)15-9-21-24(2)12-15/h3,5,7,9,12,14H,4,6,8,10-11H2,1-2H3,(H,22,26). The van der Waals surface area contributed by atoms with Gasteiger partial charge < -0.3 is 15.1 Å². The summed E-state index contributed by atoms with van der Waals surface area (Å²) in [6.07, 6.45) is 5.85. The summed E-state index contributed by atoms with van der Waals surface area (Å²) in [4.78, 5) is 16.4. The second kappa shape index (κ2) is 8.18. The van der Waals surface area contributed by atoms with Gasteiger partial charge in [0.1, 0.15) is 0 Å². The maximum absolute atomic E-state index is 12.6. The zero-order valence-electron chi connectivity index (χ0n) is 15.0. The Labute approximate surface area is 163 Å². The van der Waals surface area contributed by atoms with Crippen LogP contribution in [0.4, 0.5) is 10.5 Å². The summed E-state index contributed by atoms with van der Waals surface area (Å²) in [5, 5.41) is 8.34. The summed E-state index contributed by atoms with van der Waals surface area (Å²) in [5.41, 5.74) is 1.92. The quantitative estimate of drug-likeness (QED) is 0.860. The largest absolute Gasteiger partial charge is 0.367 e. The summed E-state index contributed by atoms with van der Waals surface area (Å²) in [6, 6.07) is 5.45. The zero-order chi connectivity index (χ0) is 18.7. The van der Waals surface area contributed by atoms with Gasteiger partial charge >= 0.3 is 6.03 Å². The third kappa shape index (κ3) is 4.43. The molecule has 140 valence electrons. The van der Waals surface area contributed by atoms with Gasteiger partial charge in [0, 0.05) is 46.0 Å². The number of anilines is 1. The van der Waals surface area contributed by atoms with Gasteiger partial charge in [-0.3, -0.25) is 4.68 Å². The summed E-state index contributed by atoms with van der Waals surface area (Å²) in [6.45, 7) is 2.17. The number of amides is 2. The Morgan fingerprint density at radius 2 is 2.23 bits per heavy atom. The van der Waals surface area contributed by atoms with E-state index in [0.29, 0.717) is 16.6 Å². The van der Waals surface area contributed by atoms with Crippen LogP contribution in [0.1, 0.15) is 18.4 Å². The van der Waals surface area contributed by atoms with Crippen LogP contribution in [0.25, 0.3) is 0 Å². The number of urea groups is 1. The number of benzene rings is 1. The highest BCUT2D eigenvalue weighted by Gasteiger charge is 2.23. The molecule has 1 fully saturated rings. The van der Waals surface area contributed by atoms with Gasteiger partial charge in [0.2, 0.25) is 0 Å². The van der Waals surface area contributed by atoms with E-state index in [-0.39, 0.29) is 12.1 Å². The van der Waals surface area contributed by atoms with Gasteiger partial charge in [0.25, 0.3) is 0 Å². The molecule has 26 heavy (non-hydrogen) atoms. The van der Waals surface area contributed by atoms with E-state index in [1.807, 2.05) is 31.6 Å². The van der Waals surface area contributed by atoms with Crippen molar-refractivity contribution in [3.63, 3.8) is 0 Å². The van der Waals surface area contributed by atoms with Crippen molar-refractivity contribution in [1.29, 1.82) is 0 Å². The van der Waals surface area contributed by atoms with Crippen LogP contribution in [0.2, 0.25) is 10.0 Å². The first kappa shape index (κ1) is 18.9. The number of halogens is 2. The van der Waals surface area contributed by atoms with E-state index in [9.17, 15) is 4.79 Å². The molecular formula is C18H23Cl2N5O. The molecule has 0 bridgehead atoms. The van der Waals surface area contributed by atoms with Crippen molar-refractivity contribution in [2.45, 2.75) is 25.4 Å². The molecule has 1 aliphatic heterocycles. The van der Waals surface area contributed by atoms with Crippen LogP contribution >= 0.6 is 23.2 Å². The normalized spacial score (nSPS) is 17.2. The third-order valence-electron chi connectivity index (χ3n) is 4.59. The summed E-state index contributed by atoms with van der Waals surface area (Å²) >= 11 is 12.3. The lowest BCUT2D eigenvalue weighted by Crippen LogP contribution is -2.50. The Kier molecular flexibility index (Phi) is 5.94. The molecule has 1 saturated heterocycles. The maximum Gasteiger partial charge on any atom is 0.317 e. The molecule has 2 amide bonds. The van der Waals surface area contributed by atoms with Crippen LogP contribution in [-0.4, -0.2) is 46.9 Å². The van der Waals surface area contributed by atoms with E-state index in [1.54, 1.807) is 22.7 Å². The smallest absolute Gasteiger partial charge is 0.317 e. The van der Waals surface area contributed by atoms with Crippen molar-refractivity contribution in [3.05, 3.63) is 46.2 Å². The predicted molar refractivity (Wildman–Crippen MR) is 105 cm³/mol. The molecule has 1 unspecified atom stereocenters. The predicted octanol–water partition coefficient (Wildman–Crippen LogP) is 3.54. The Bertz CT molecular complexity index is 779. The number of piperidine rings is 1. The van der Waals surface area contributed by atoms with E-state index in [2.05, 4.69) is 15.3 Å². The first-order valence-electron chi connectivity index (χ1n) is 8.62. The molecule has 1 aromatic carbocycles. The van der Waals surface area contributed by atoms with Crippen molar-refractivity contribution < 1.29 is 4.79 Å². The highest BCUT2D eigenvalue weighted by molar-refractivity contribution is 6.42. The van der Waals surface area contributed by atoms with Crippen LogP contribution in [0, 0.1) is 0 Å². The molecule has 2 heterocycles. The van der Waals surface area contributed by atoms with E-state index in [0.717, 1.165) is 37.2 Å². The molecule has 0 spiro atoms. The number of aryl methyl sites for hydroxylation is 1. The van der Waals surface area contributed by atoms with Gasteiger partial charge in [-0.2, -0.15) is 5.10 Å². The molecule has 6 nitrogen and oxygen atoms in total. The minimum Gasteiger partial charge on any atom is -0.367 e. The molecule has 8 heteroatoms. The number of nitrogens with zero attached hydrogens (tertiary/aromatic N) is 4. The number of carbonyl (C=O) groups is 1. The molecule has 3 rings (SSSR count). The monoisotopic (exact) mass is 395 g/mol. The highest BCUT2D eigenvalue weighted by atomic mass is 35.5. The molecular weight excluding hydrogens is 373 g/mol. The molecule has 1 aromatic heterocycles. The lowest BCUT2D eigenvalue weighted by Gasteiger charge is -2.34. The fourth-order valence-corrected chi connectivity index (χ4v) is 3.56. The third-order valence-corrected chi connectivity index (χ3v) is 5.45. The van der Waals surface area contributed by atoms with Crippen LogP contribution < -0.4 is 10.2 Å². The Morgan fingerprint density at radius 3 is 2.96 bits per heavy atom. The fraction of sp³-hybridized carbons (Fsp3) is 0.444. The van der Waals surface area contributed by atoms with Crippen molar-refractivity contribution in [2.75, 3.05) is 25.0 Å². The zero-order valence-corrected chi connectivity index (χ0v) is 16.5. The first-order chi connectivity index (χ1) is 12.4. The van der Waals surface area contributed by atoms with E-state index in [4.69, 9.17) is 23.2 Å². The van der Waals surface area contributed by atoms with E-state index < -0.39 is 0 Å². The number of aromatic nitrogens is 2. The second-order valence-corrected chi connectivity index (χ2v) is 7.46. The van der Waals surface area contributed by atoms with Crippen molar-refractivity contribution in [1.82, 2.24) is 20.0 Å². The lowest BCUT2D eigenvalue weighted by atomic mass is 10.1. The van der Waals surface area contributed by atoms with Gasteiger partial charge in [0.15, 0.2) is 0 Å². The van der Waals surface area contributed by atoms with Gasteiger partial charge in [-0.05, 0) is 24.5 Å². The fourth-order valence-electron chi connectivity index (χ4n) is 3.18. The molecule has 2 aromatic rings. The van der Waals surface area contributed by atoms with Crippen LogP contribution in [-0.2, 0) is 13.6 Å². The van der Waals surface area contributed by atoms with Crippen LogP contribution in [0.3, 0.4) is 0 Å². The van der Waals surface area contributed by atoms with Crippen LogP contribution in [0.15, 0.2) is 30.6 Å². The number of rotatable bonds is 4. The summed E-state index contributed by atoms with van der Waals surface area (Å²) < 4.78 is 1.79. The van der Waals surface area contributed by atoms with Gasteiger partial charge in [-0.15, -0.1) is 0 Å². The molecule has 0 aliphatic carbocycles. The van der Waals surface area contributed by atoms with E-state index >= 15 is 0 Å². The molecule has 0 saturated carbocycles. The first-order valence-corrected chi connectivity index (χ1v) is 9.37. The van der Waals surface area contributed by atoms with E-state index in [1.165, 1.54) is 0 Å². The average Bonchev–Trinajstić information content (AvgIpc) is 3.05. The molecule has 1 N–H and O–H groups in total. The summed E-state index contributed by atoms with van der Waals surface area (Å²) in [7, 11) is 3.66. The maximum atomic E-state index is 12.6. The molecule has 1 aliphatic rings. The van der Waals surface area contributed by atoms with Gasteiger partial charge in [-0.25, -0.2) is 4.79 Å². The Hall–Kier alpha value is -1.92. The lowest BCUT2D eigenvalue weighted by molar-refractivity contribution is 0.201. The molecule has 0 radical (unpaired) electrons. The van der Waals surface area contributed by atoms with Crippen molar-refractivity contribution in [2.24, 2.45) is 7.05 Å². The summed E-state index contributed by atoms with van der Waals surface area (Å²) in [5.74, 6) is 0. The Morgan fingerprint density at radius 1 is 1.42 bits per heavy atom. The minimum absolute atomic E-state index is 0.105. The minimum atomic E-state index is -0.112. The SMILES string of the molecule is CN(Cc1cccc(Cl)c1Cl)C(=O)NC1CCCN(c2cnn(C)c2)C1. The Balaban J connectivity index is 1.57. The van der Waals surface area contributed by atoms with Crippen molar-refractivity contribution >= 4 is 34.9 Å². The average molecular weight is 396 g/mol. The molecule has 1 atom stereocenters. The second-order valence-electron chi connectivity index (χ2n) is 6.68. The number of hydrogen-bond acceptors (Lipinski definition) is 3. The number of hydrogen-bond donors (Lipinski definition) is 1. The highest BCUT2D eigenvalue weighted by Crippen LogP contribution is 2.26. The van der Waals surface area contributed by atoms with Crippen LogP contribution in [0.5, 0.6) is 0 Å². The number of carbonyl (C=O) groups excluding carboxylic acids is 1.